The second kappa shape index (κ2) is 7.19. The van der Waals surface area contributed by atoms with Gasteiger partial charge in [-0.2, -0.15) is 0 Å². The molecule has 1 aromatic heterocycles. The summed E-state index contributed by atoms with van der Waals surface area (Å²) in [5.74, 6) is -1.42. The minimum Gasteiger partial charge on any atom is -0.459 e. The van der Waals surface area contributed by atoms with Crippen LogP contribution in [0.25, 0.3) is 0 Å². The van der Waals surface area contributed by atoms with Crippen molar-refractivity contribution in [3.63, 3.8) is 0 Å². The van der Waals surface area contributed by atoms with E-state index in [1.165, 1.54) is 42.7 Å². The molecule has 126 valence electrons. The molecule has 2 N–H and O–H groups in total. The number of carbonyl (C=O) groups is 2. The van der Waals surface area contributed by atoms with Crippen LogP contribution in [0.1, 0.15) is 20.9 Å². The maximum Gasteiger partial charge on any atom is 0.291 e. The number of amides is 2. The fourth-order valence-corrected chi connectivity index (χ4v) is 2.32. The van der Waals surface area contributed by atoms with Gasteiger partial charge in [0, 0.05) is 10.6 Å². The quantitative estimate of drug-likeness (QED) is 0.717. The molecular formula is C18H12ClFN2O3. The normalized spacial score (nSPS) is 10.3. The average Bonchev–Trinajstić information content (AvgIpc) is 3.12. The van der Waals surface area contributed by atoms with Crippen LogP contribution in [-0.4, -0.2) is 11.8 Å². The third-order valence-electron chi connectivity index (χ3n) is 3.31. The number of benzene rings is 2. The van der Waals surface area contributed by atoms with Crippen molar-refractivity contribution in [2.24, 2.45) is 0 Å². The largest absolute Gasteiger partial charge is 0.459 e. The lowest BCUT2D eigenvalue weighted by Crippen LogP contribution is -2.16. The van der Waals surface area contributed by atoms with Crippen molar-refractivity contribution in [2.45, 2.75) is 0 Å². The Morgan fingerprint density at radius 2 is 1.72 bits per heavy atom. The van der Waals surface area contributed by atoms with Gasteiger partial charge in [0.25, 0.3) is 11.8 Å². The number of rotatable bonds is 4. The summed E-state index contributed by atoms with van der Waals surface area (Å²) in [6.45, 7) is 0. The van der Waals surface area contributed by atoms with E-state index in [9.17, 15) is 14.0 Å². The molecule has 7 heteroatoms. The Labute approximate surface area is 147 Å². The maximum atomic E-state index is 13.3. The molecule has 0 saturated carbocycles. The summed E-state index contributed by atoms with van der Waals surface area (Å²) in [7, 11) is 0. The first-order valence-electron chi connectivity index (χ1n) is 7.24. The van der Waals surface area contributed by atoms with Crippen molar-refractivity contribution in [3.8, 4) is 0 Å². The van der Waals surface area contributed by atoms with Gasteiger partial charge in [0.05, 0.1) is 17.6 Å². The molecule has 0 aliphatic heterocycles. The Kier molecular flexibility index (Phi) is 4.81. The summed E-state index contributed by atoms with van der Waals surface area (Å²) in [6, 6.07) is 13.0. The van der Waals surface area contributed by atoms with Gasteiger partial charge in [-0.25, -0.2) is 4.39 Å². The highest BCUT2D eigenvalue weighted by Gasteiger charge is 2.14. The van der Waals surface area contributed by atoms with E-state index in [1.54, 1.807) is 12.1 Å². The van der Waals surface area contributed by atoms with Crippen molar-refractivity contribution in [2.75, 3.05) is 10.6 Å². The minimum atomic E-state index is -0.518. The van der Waals surface area contributed by atoms with Crippen LogP contribution in [0, 0.1) is 5.82 Å². The molecule has 2 aromatic carbocycles. The number of hydrogen-bond donors (Lipinski definition) is 2. The fourth-order valence-electron chi connectivity index (χ4n) is 2.14. The first-order valence-corrected chi connectivity index (χ1v) is 7.62. The number of furan rings is 1. The van der Waals surface area contributed by atoms with Crippen LogP contribution >= 0.6 is 11.6 Å². The number of hydrogen-bond acceptors (Lipinski definition) is 3. The summed E-state index contributed by atoms with van der Waals surface area (Å²) < 4.78 is 18.3. The average molecular weight is 359 g/mol. The van der Waals surface area contributed by atoms with Gasteiger partial charge in [-0.15, -0.1) is 0 Å². The molecule has 0 radical (unpaired) electrons. The molecule has 3 aromatic rings. The number of carbonyl (C=O) groups excluding carboxylic acids is 2. The summed E-state index contributed by atoms with van der Waals surface area (Å²) in [6.07, 6.45) is 1.37. The second-order valence-electron chi connectivity index (χ2n) is 5.09. The molecule has 1 heterocycles. The highest BCUT2D eigenvalue weighted by molar-refractivity contribution is 6.31. The smallest absolute Gasteiger partial charge is 0.291 e. The molecule has 25 heavy (non-hydrogen) atoms. The molecule has 0 spiro atoms. The minimum absolute atomic E-state index is 0.113. The Balaban J connectivity index is 1.84. The topological polar surface area (TPSA) is 71.3 Å². The molecule has 0 fully saturated rings. The standard InChI is InChI=1S/C18H12ClFN2O3/c19-12-6-7-14(21-17(23)11-3-1-4-13(20)9-11)15(10-12)22-18(24)16-5-2-8-25-16/h1-10H,(H,21,23)(H,22,24). The molecule has 0 saturated heterocycles. The predicted octanol–water partition coefficient (Wildman–Crippen LogP) is 4.58. The van der Waals surface area contributed by atoms with Crippen LogP contribution in [0.15, 0.2) is 65.3 Å². The third kappa shape index (κ3) is 4.05. The van der Waals surface area contributed by atoms with Crippen molar-refractivity contribution < 1.29 is 18.4 Å². The van der Waals surface area contributed by atoms with Crippen molar-refractivity contribution in [1.82, 2.24) is 0 Å². The van der Waals surface area contributed by atoms with Gasteiger partial charge in [0.2, 0.25) is 0 Å². The third-order valence-corrected chi connectivity index (χ3v) is 3.54. The second-order valence-corrected chi connectivity index (χ2v) is 5.52. The SMILES string of the molecule is O=C(Nc1ccc(Cl)cc1NC(=O)c1ccco1)c1cccc(F)c1. The van der Waals surface area contributed by atoms with Crippen LogP contribution in [-0.2, 0) is 0 Å². The highest BCUT2D eigenvalue weighted by atomic mass is 35.5. The maximum absolute atomic E-state index is 13.3. The van der Waals surface area contributed by atoms with Crippen LogP contribution < -0.4 is 10.6 Å². The lowest BCUT2D eigenvalue weighted by Gasteiger charge is -2.12. The number of anilines is 2. The van der Waals surface area contributed by atoms with E-state index >= 15 is 0 Å². The zero-order valence-electron chi connectivity index (χ0n) is 12.8. The summed E-state index contributed by atoms with van der Waals surface area (Å²) >= 11 is 5.96. The van der Waals surface area contributed by atoms with Gasteiger partial charge in [-0.3, -0.25) is 9.59 Å². The molecule has 3 rings (SSSR count). The van der Waals surface area contributed by atoms with Gasteiger partial charge < -0.3 is 15.1 Å². The highest BCUT2D eigenvalue weighted by Crippen LogP contribution is 2.27. The first-order chi connectivity index (χ1) is 12.0. The van der Waals surface area contributed by atoms with Crippen LogP contribution in [0.5, 0.6) is 0 Å². The zero-order chi connectivity index (χ0) is 17.8. The molecule has 0 unspecified atom stereocenters. The first kappa shape index (κ1) is 16.7. The van der Waals surface area contributed by atoms with Crippen molar-refractivity contribution >= 4 is 34.8 Å². The van der Waals surface area contributed by atoms with E-state index in [4.69, 9.17) is 16.0 Å². The zero-order valence-corrected chi connectivity index (χ0v) is 13.5. The van der Waals surface area contributed by atoms with Gasteiger partial charge in [-0.05, 0) is 48.5 Å². The summed E-state index contributed by atoms with van der Waals surface area (Å²) in [4.78, 5) is 24.4. The van der Waals surface area contributed by atoms with Gasteiger partial charge in [0.1, 0.15) is 5.82 Å². The van der Waals surface area contributed by atoms with E-state index in [2.05, 4.69) is 10.6 Å². The van der Waals surface area contributed by atoms with Crippen LogP contribution in [0.4, 0.5) is 15.8 Å². The predicted molar refractivity (Wildman–Crippen MR) is 92.5 cm³/mol. The number of halogens is 2. The van der Waals surface area contributed by atoms with E-state index in [-0.39, 0.29) is 11.3 Å². The lowest BCUT2D eigenvalue weighted by molar-refractivity contribution is 0.0993. The van der Waals surface area contributed by atoms with E-state index in [0.29, 0.717) is 16.4 Å². The molecule has 0 atom stereocenters. The number of nitrogens with one attached hydrogen (secondary N) is 2. The van der Waals surface area contributed by atoms with Crippen LogP contribution in [0.2, 0.25) is 5.02 Å². The van der Waals surface area contributed by atoms with E-state index in [1.807, 2.05) is 0 Å². The van der Waals surface area contributed by atoms with Gasteiger partial charge >= 0.3 is 0 Å². The summed E-state index contributed by atoms with van der Waals surface area (Å²) in [5, 5.41) is 5.61. The molecular weight excluding hydrogens is 347 g/mol. The van der Waals surface area contributed by atoms with Gasteiger partial charge in [0.15, 0.2) is 5.76 Å². The lowest BCUT2D eigenvalue weighted by atomic mass is 10.2. The van der Waals surface area contributed by atoms with E-state index < -0.39 is 17.6 Å². The Hall–Kier alpha value is -3.12. The van der Waals surface area contributed by atoms with Crippen molar-refractivity contribution in [1.29, 1.82) is 0 Å². The monoisotopic (exact) mass is 358 g/mol. The fraction of sp³-hybridized carbons (Fsp3) is 0. The Morgan fingerprint density at radius 1 is 0.920 bits per heavy atom. The molecule has 0 bridgehead atoms. The van der Waals surface area contributed by atoms with Crippen LogP contribution in [0.3, 0.4) is 0 Å². The Bertz CT molecular complexity index is 926. The summed E-state index contributed by atoms with van der Waals surface area (Å²) in [5.41, 5.74) is 0.760. The van der Waals surface area contributed by atoms with E-state index in [0.717, 1.165) is 6.07 Å². The van der Waals surface area contributed by atoms with Crippen molar-refractivity contribution in [3.05, 3.63) is 83.0 Å². The molecule has 0 aliphatic carbocycles. The molecule has 0 aliphatic rings. The molecule has 5 nitrogen and oxygen atoms in total. The Morgan fingerprint density at radius 3 is 2.44 bits per heavy atom. The van der Waals surface area contributed by atoms with Gasteiger partial charge in [-0.1, -0.05) is 17.7 Å². The molecule has 2 amide bonds.